The number of rotatable bonds is 5. The molecule has 2 N–H and O–H groups in total. The Labute approximate surface area is 102 Å². The zero-order valence-corrected chi connectivity index (χ0v) is 10.5. The minimum atomic E-state index is 0.508. The first-order chi connectivity index (χ1) is 7.74. The standard InChI is InChI=1S/C13H19ClN2/c1-2-16(9-10-3-4-10)12-6-5-11(8-15)13(14)7-12/h5-7,10H,2-4,8-9,15H2,1H3. The van der Waals surface area contributed by atoms with Crippen LogP contribution in [0.4, 0.5) is 5.69 Å². The van der Waals surface area contributed by atoms with Gasteiger partial charge in [-0.2, -0.15) is 0 Å². The van der Waals surface area contributed by atoms with E-state index in [-0.39, 0.29) is 0 Å². The lowest BCUT2D eigenvalue weighted by atomic mass is 10.2. The highest BCUT2D eigenvalue weighted by Gasteiger charge is 2.23. The van der Waals surface area contributed by atoms with Gasteiger partial charge in [0, 0.05) is 30.3 Å². The van der Waals surface area contributed by atoms with Crippen molar-refractivity contribution in [2.24, 2.45) is 11.7 Å². The molecule has 1 aromatic carbocycles. The lowest BCUT2D eigenvalue weighted by molar-refractivity contribution is 0.742. The summed E-state index contributed by atoms with van der Waals surface area (Å²) in [6.45, 7) is 4.89. The summed E-state index contributed by atoms with van der Waals surface area (Å²) in [6, 6.07) is 6.20. The summed E-state index contributed by atoms with van der Waals surface area (Å²) < 4.78 is 0. The summed E-state index contributed by atoms with van der Waals surface area (Å²) >= 11 is 6.18. The summed E-state index contributed by atoms with van der Waals surface area (Å²) in [6.07, 6.45) is 2.76. The fraction of sp³-hybridized carbons (Fsp3) is 0.538. The number of hydrogen-bond acceptors (Lipinski definition) is 2. The molecule has 88 valence electrons. The number of nitrogens with zero attached hydrogens (tertiary/aromatic N) is 1. The third-order valence-corrected chi connectivity index (χ3v) is 3.53. The van der Waals surface area contributed by atoms with E-state index in [0.29, 0.717) is 6.54 Å². The van der Waals surface area contributed by atoms with Crippen LogP contribution in [-0.4, -0.2) is 13.1 Å². The van der Waals surface area contributed by atoms with Gasteiger partial charge in [-0.05, 0) is 43.4 Å². The second-order valence-corrected chi connectivity index (χ2v) is 4.87. The zero-order chi connectivity index (χ0) is 11.5. The molecule has 1 aliphatic rings. The lowest BCUT2D eigenvalue weighted by Gasteiger charge is -2.23. The van der Waals surface area contributed by atoms with Gasteiger partial charge in [0.2, 0.25) is 0 Å². The highest BCUT2D eigenvalue weighted by atomic mass is 35.5. The van der Waals surface area contributed by atoms with E-state index in [0.717, 1.165) is 29.6 Å². The van der Waals surface area contributed by atoms with Crippen molar-refractivity contribution in [3.63, 3.8) is 0 Å². The second kappa shape index (κ2) is 5.07. The largest absolute Gasteiger partial charge is 0.371 e. The van der Waals surface area contributed by atoms with Crippen molar-refractivity contribution in [1.82, 2.24) is 0 Å². The van der Waals surface area contributed by atoms with E-state index in [2.05, 4.69) is 17.9 Å². The third kappa shape index (κ3) is 2.69. The Morgan fingerprint density at radius 2 is 2.19 bits per heavy atom. The van der Waals surface area contributed by atoms with Crippen LogP contribution in [0.5, 0.6) is 0 Å². The molecule has 0 atom stereocenters. The van der Waals surface area contributed by atoms with Crippen molar-refractivity contribution < 1.29 is 0 Å². The predicted octanol–water partition coefficient (Wildman–Crippen LogP) is 3.04. The van der Waals surface area contributed by atoms with E-state index in [1.165, 1.54) is 18.5 Å². The van der Waals surface area contributed by atoms with Crippen molar-refractivity contribution in [3.8, 4) is 0 Å². The molecular weight excluding hydrogens is 220 g/mol. The van der Waals surface area contributed by atoms with Gasteiger partial charge < -0.3 is 10.6 Å². The Balaban J connectivity index is 2.13. The fourth-order valence-electron chi connectivity index (χ4n) is 1.93. The highest BCUT2D eigenvalue weighted by Crippen LogP contribution is 2.32. The summed E-state index contributed by atoms with van der Waals surface area (Å²) in [5.74, 6) is 0.896. The van der Waals surface area contributed by atoms with Crippen LogP contribution in [0.2, 0.25) is 5.02 Å². The first-order valence-corrected chi connectivity index (χ1v) is 6.35. The summed E-state index contributed by atoms with van der Waals surface area (Å²) in [5.41, 5.74) is 7.84. The normalized spacial score (nSPS) is 15.2. The van der Waals surface area contributed by atoms with Crippen molar-refractivity contribution in [2.45, 2.75) is 26.3 Å². The molecule has 1 saturated carbocycles. The van der Waals surface area contributed by atoms with Gasteiger partial charge in [0.25, 0.3) is 0 Å². The van der Waals surface area contributed by atoms with E-state index in [4.69, 9.17) is 17.3 Å². The first kappa shape index (κ1) is 11.7. The molecule has 1 aliphatic carbocycles. The highest BCUT2D eigenvalue weighted by molar-refractivity contribution is 6.31. The Morgan fingerprint density at radius 1 is 1.44 bits per heavy atom. The molecule has 1 aromatic rings. The molecular formula is C13H19ClN2. The van der Waals surface area contributed by atoms with Crippen molar-refractivity contribution in [3.05, 3.63) is 28.8 Å². The van der Waals surface area contributed by atoms with Crippen molar-refractivity contribution >= 4 is 17.3 Å². The van der Waals surface area contributed by atoms with Gasteiger partial charge >= 0.3 is 0 Å². The molecule has 0 aliphatic heterocycles. The summed E-state index contributed by atoms with van der Waals surface area (Å²) in [7, 11) is 0. The molecule has 2 rings (SSSR count). The Kier molecular flexibility index (Phi) is 3.72. The van der Waals surface area contributed by atoms with Gasteiger partial charge in [-0.1, -0.05) is 17.7 Å². The molecule has 3 heteroatoms. The maximum atomic E-state index is 6.18. The molecule has 0 heterocycles. The average Bonchev–Trinajstić information content (AvgIpc) is 3.09. The van der Waals surface area contributed by atoms with Crippen LogP contribution >= 0.6 is 11.6 Å². The lowest BCUT2D eigenvalue weighted by Crippen LogP contribution is -2.25. The van der Waals surface area contributed by atoms with E-state index < -0.39 is 0 Å². The van der Waals surface area contributed by atoms with E-state index >= 15 is 0 Å². The van der Waals surface area contributed by atoms with Gasteiger partial charge in [-0.25, -0.2) is 0 Å². The van der Waals surface area contributed by atoms with Gasteiger partial charge in [-0.15, -0.1) is 0 Å². The molecule has 1 fully saturated rings. The van der Waals surface area contributed by atoms with Crippen LogP contribution in [0, 0.1) is 5.92 Å². The maximum Gasteiger partial charge on any atom is 0.0471 e. The summed E-state index contributed by atoms with van der Waals surface area (Å²) in [4.78, 5) is 2.39. The zero-order valence-electron chi connectivity index (χ0n) is 9.75. The minimum Gasteiger partial charge on any atom is -0.371 e. The SMILES string of the molecule is CCN(CC1CC1)c1ccc(CN)c(Cl)c1. The minimum absolute atomic E-state index is 0.508. The molecule has 0 bridgehead atoms. The van der Waals surface area contributed by atoms with Crippen LogP contribution < -0.4 is 10.6 Å². The first-order valence-electron chi connectivity index (χ1n) is 5.98. The maximum absolute atomic E-state index is 6.18. The Bertz CT molecular complexity index is 361. The monoisotopic (exact) mass is 238 g/mol. The molecule has 0 aromatic heterocycles. The van der Waals surface area contributed by atoms with Crippen molar-refractivity contribution in [2.75, 3.05) is 18.0 Å². The van der Waals surface area contributed by atoms with E-state index in [1.807, 2.05) is 12.1 Å². The molecule has 2 nitrogen and oxygen atoms in total. The number of nitrogens with two attached hydrogens (primary N) is 1. The molecule has 0 spiro atoms. The number of anilines is 1. The Morgan fingerprint density at radius 3 is 2.69 bits per heavy atom. The van der Waals surface area contributed by atoms with Crippen molar-refractivity contribution in [1.29, 1.82) is 0 Å². The summed E-state index contributed by atoms with van der Waals surface area (Å²) in [5, 5.41) is 0.786. The molecule has 0 radical (unpaired) electrons. The van der Waals surface area contributed by atoms with E-state index in [9.17, 15) is 0 Å². The number of benzene rings is 1. The van der Waals surface area contributed by atoms with E-state index in [1.54, 1.807) is 0 Å². The van der Waals surface area contributed by atoms with Crippen LogP contribution in [0.1, 0.15) is 25.3 Å². The smallest absolute Gasteiger partial charge is 0.0471 e. The van der Waals surface area contributed by atoms with Crippen LogP contribution in [0.3, 0.4) is 0 Å². The average molecular weight is 239 g/mol. The van der Waals surface area contributed by atoms with Crippen LogP contribution in [0.25, 0.3) is 0 Å². The van der Waals surface area contributed by atoms with Crippen LogP contribution in [-0.2, 0) is 6.54 Å². The second-order valence-electron chi connectivity index (χ2n) is 4.46. The topological polar surface area (TPSA) is 29.3 Å². The predicted molar refractivity (Wildman–Crippen MR) is 70.0 cm³/mol. The molecule has 0 saturated heterocycles. The fourth-order valence-corrected chi connectivity index (χ4v) is 2.18. The van der Waals surface area contributed by atoms with Gasteiger partial charge in [0.05, 0.1) is 0 Å². The molecule has 0 amide bonds. The number of halogens is 1. The van der Waals surface area contributed by atoms with Crippen LogP contribution in [0.15, 0.2) is 18.2 Å². The van der Waals surface area contributed by atoms with Gasteiger partial charge in [0.15, 0.2) is 0 Å². The number of hydrogen-bond donors (Lipinski definition) is 1. The Hall–Kier alpha value is -0.730. The van der Waals surface area contributed by atoms with Gasteiger partial charge in [0.1, 0.15) is 0 Å². The van der Waals surface area contributed by atoms with Gasteiger partial charge in [-0.3, -0.25) is 0 Å². The molecule has 16 heavy (non-hydrogen) atoms. The third-order valence-electron chi connectivity index (χ3n) is 3.18. The molecule has 0 unspecified atom stereocenters. The quantitative estimate of drug-likeness (QED) is 0.855.